The van der Waals surface area contributed by atoms with Crippen molar-refractivity contribution >= 4 is 54.4 Å². The normalized spacial score (nSPS) is 11.6. The van der Waals surface area contributed by atoms with E-state index in [1.807, 2.05) is 17.9 Å². The van der Waals surface area contributed by atoms with Crippen molar-refractivity contribution in [3.05, 3.63) is 47.0 Å². The zero-order valence-corrected chi connectivity index (χ0v) is 18.9. The number of sulfonamides is 1. The van der Waals surface area contributed by atoms with E-state index < -0.39 is 10.0 Å². The van der Waals surface area contributed by atoms with Gasteiger partial charge in [-0.2, -0.15) is 0 Å². The molecule has 0 aliphatic carbocycles. The molecule has 1 aromatic heterocycles. The van der Waals surface area contributed by atoms with E-state index in [9.17, 15) is 8.42 Å². The Kier molecular flexibility index (Phi) is 6.58. The van der Waals surface area contributed by atoms with Gasteiger partial charge in [-0.3, -0.25) is 4.72 Å². The van der Waals surface area contributed by atoms with Crippen LogP contribution in [0.25, 0.3) is 10.1 Å². The molecule has 0 saturated heterocycles. The third-order valence-corrected chi connectivity index (χ3v) is 8.16. The van der Waals surface area contributed by atoms with Gasteiger partial charge in [-0.05, 0) is 61.2 Å². The molecule has 0 spiro atoms. The third kappa shape index (κ3) is 4.45. The van der Waals surface area contributed by atoms with E-state index in [0.29, 0.717) is 35.1 Å². The Labute approximate surface area is 180 Å². The van der Waals surface area contributed by atoms with Gasteiger partial charge in [-0.15, -0.1) is 11.3 Å². The number of aryl methyl sites for hydroxylation is 1. The molecule has 6 nitrogen and oxygen atoms in total. The highest BCUT2D eigenvalue weighted by Crippen LogP contribution is 2.37. The summed E-state index contributed by atoms with van der Waals surface area (Å²) < 4.78 is 35.5. The molecular formula is C20H24ClN3O3S2. The fraction of sp³-hybridized carbons (Fsp3) is 0.300. The van der Waals surface area contributed by atoms with Crippen molar-refractivity contribution in [2.45, 2.75) is 18.1 Å². The van der Waals surface area contributed by atoms with Crippen LogP contribution in [0, 0.1) is 6.92 Å². The molecule has 0 aliphatic rings. The lowest BCUT2D eigenvalue weighted by Gasteiger charge is -2.25. The molecule has 156 valence electrons. The lowest BCUT2D eigenvalue weighted by atomic mass is 10.2. The van der Waals surface area contributed by atoms with Gasteiger partial charge in [-0.25, -0.2) is 8.42 Å². The summed E-state index contributed by atoms with van der Waals surface area (Å²) in [6, 6.07) is 10.6. The molecular weight excluding hydrogens is 430 g/mol. The summed E-state index contributed by atoms with van der Waals surface area (Å²) in [6.45, 7) is 5.65. The highest BCUT2D eigenvalue weighted by molar-refractivity contribution is 7.94. The van der Waals surface area contributed by atoms with Crippen molar-refractivity contribution < 1.29 is 13.2 Å². The number of hydrogen-bond acceptors (Lipinski definition) is 6. The van der Waals surface area contributed by atoms with Crippen LogP contribution in [0.5, 0.6) is 5.75 Å². The monoisotopic (exact) mass is 453 g/mol. The van der Waals surface area contributed by atoms with Crippen molar-refractivity contribution in [1.29, 1.82) is 0 Å². The SMILES string of the molecule is CCN(CCN)c1cc(NS(=O)(=O)c2sc3ccc(Cl)cc3c2C)ccc1OC. The molecule has 2 aromatic carbocycles. The molecule has 29 heavy (non-hydrogen) atoms. The van der Waals surface area contributed by atoms with Crippen LogP contribution < -0.4 is 20.1 Å². The van der Waals surface area contributed by atoms with Crippen molar-refractivity contribution in [2.24, 2.45) is 5.73 Å². The van der Waals surface area contributed by atoms with Gasteiger partial charge < -0.3 is 15.4 Å². The first-order valence-electron chi connectivity index (χ1n) is 9.15. The maximum atomic E-state index is 13.1. The molecule has 0 aliphatic heterocycles. The third-order valence-electron chi connectivity index (χ3n) is 4.65. The average Bonchev–Trinajstić information content (AvgIpc) is 3.03. The first kappa shape index (κ1) is 21.7. The molecule has 0 amide bonds. The Morgan fingerprint density at radius 1 is 1.24 bits per heavy atom. The molecule has 0 fully saturated rings. The average molecular weight is 454 g/mol. The number of methoxy groups -OCH3 is 1. The first-order chi connectivity index (χ1) is 13.8. The Bertz CT molecular complexity index is 1130. The van der Waals surface area contributed by atoms with Crippen molar-refractivity contribution in [3.8, 4) is 5.75 Å². The number of rotatable bonds is 8. The van der Waals surface area contributed by atoms with Crippen molar-refractivity contribution in [2.75, 3.05) is 36.4 Å². The summed E-state index contributed by atoms with van der Waals surface area (Å²) in [6.07, 6.45) is 0. The van der Waals surface area contributed by atoms with Gasteiger partial charge in [0.05, 0.1) is 18.5 Å². The Hall–Kier alpha value is -2.00. The van der Waals surface area contributed by atoms with Gasteiger partial charge in [0, 0.05) is 29.4 Å². The second-order valence-electron chi connectivity index (χ2n) is 6.52. The number of ether oxygens (including phenoxy) is 1. The first-order valence-corrected chi connectivity index (χ1v) is 11.8. The van der Waals surface area contributed by atoms with Gasteiger partial charge in [0.15, 0.2) is 0 Å². The number of halogens is 1. The molecule has 0 radical (unpaired) electrons. The maximum absolute atomic E-state index is 13.1. The zero-order chi connectivity index (χ0) is 21.2. The molecule has 3 rings (SSSR count). The van der Waals surface area contributed by atoms with E-state index in [1.54, 1.807) is 44.4 Å². The second-order valence-corrected chi connectivity index (χ2v) is 9.88. The predicted octanol–water partition coefficient (Wildman–Crippen LogP) is 4.46. The number of hydrogen-bond donors (Lipinski definition) is 2. The highest BCUT2D eigenvalue weighted by atomic mass is 35.5. The Morgan fingerprint density at radius 2 is 2.00 bits per heavy atom. The zero-order valence-electron chi connectivity index (χ0n) is 16.5. The standard InChI is InChI=1S/C20H24ClN3O3S2/c1-4-24(10-9-22)17-12-15(6-7-18(17)27-3)23-29(25,26)20-13(2)16-11-14(21)5-8-19(16)28-20/h5-8,11-12,23H,4,9-10,22H2,1-3H3. The minimum Gasteiger partial charge on any atom is -0.495 e. The number of anilines is 2. The fourth-order valence-electron chi connectivity index (χ4n) is 3.23. The van der Waals surface area contributed by atoms with Crippen LogP contribution in [0.4, 0.5) is 11.4 Å². The summed E-state index contributed by atoms with van der Waals surface area (Å²) >= 11 is 7.30. The lowest BCUT2D eigenvalue weighted by Crippen LogP contribution is -2.29. The van der Waals surface area contributed by atoms with Gasteiger partial charge in [-0.1, -0.05) is 11.6 Å². The number of benzene rings is 2. The van der Waals surface area contributed by atoms with Gasteiger partial charge in [0.25, 0.3) is 10.0 Å². The van der Waals surface area contributed by atoms with E-state index in [0.717, 1.165) is 22.3 Å². The number of nitrogens with two attached hydrogens (primary N) is 1. The molecule has 0 unspecified atom stereocenters. The number of thiophene rings is 1. The Morgan fingerprint density at radius 3 is 2.66 bits per heavy atom. The molecule has 3 N–H and O–H groups in total. The maximum Gasteiger partial charge on any atom is 0.271 e. The molecule has 0 atom stereocenters. The molecule has 1 heterocycles. The van der Waals surface area contributed by atoms with Crippen LogP contribution in [0.1, 0.15) is 12.5 Å². The highest BCUT2D eigenvalue weighted by Gasteiger charge is 2.23. The molecule has 0 saturated carbocycles. The van der Waals surface area contributed by atoms with Crippen molar-refractivity contribution in [1.82, 2.24) is 0 Å². The van der Waals surface area contributed by atoms with Crippen LogP contribution >= 0.6 is 22.9 Å². The van der Waals surface area contributed by atoms with Gasteiger partial charge in [0.2, 0.25) is 0 Å². The minimum atomic E-state index is -3.76. The summed E-state index contributed by atoms with van der Waals surface area (Å²) in [5, 5.41) is 1.42. The number of likely N-dealkylation sites (N-methyl/N-ethyl adjacent to an activating group) is 1. The van der Waals surface area contributed by atoms with E-state index >= 15 is 0 Å². The van der Waals surface area contributed by atoms with Crippen LogP contribution in [-0.4, -0.2) is 35.2 Å². The number of nitrogens with zero attached hydrogens (tertiary/aromatic N) is 1. The summed E-state index contributed by atoms with van der Waals surface area (Å²) in [4.78, 5) is 2.04. The van der Waals surface area contributed by atoms with Crippen LogP contribution in [0.15, 0.2) is 40.6 Å². The lowest BCUT2D eigenvalue weighted by molar-refractivity contribution is 0.414. The topological polar surface area (TPSA) is 84.7 Å². The molecule has 0 bridgehead atoms. The van der Waals surface area contributed by atoms with Crippen molar-refractivity contribution in [3.63, 3.8) is 0 Å². The second kappa shape index (κ2) is 8.79. The summed E-state index contributed by atoms with van der Waals surface area (Å²) in [5.74, 6) is 0.663. The quantitative estimate of drug-likeness (QED) is 0.526. The fourth-order valence-corrected chi connectivity index (χ4v) is 6.20. The molecule has 9 heteroatoms. The van der Waals surface area contributed by atoms with E-state index in [-0.39, 0.29) is 4.21 Å². The predicted molar refractivity (Wildman–Crippen MR) is 122 cm³/mol. The van der Waals surface area contributed by atoms with Crippen LogP contribution in [-0.2, 0) is 10.0 Å². The van der Waals surface area contributed by atoms with E-state index in [4.69, 9.17) is 22.1 Å². The number of fused-ring (bicyclic) bond motifs is 1. The smallest absolute Gasteiger partial charge is 0.271 e. The summed E-state index contributed by atoms with van der Waals surface area (Å²) in [5.41, 5.74) is 7.66. The van der Waals surface area contributed by atoms with E-state index in [1.165, 1.54) is 11.3 Å². The van der Waals surface area contributed by atoms with Gasteiger partial charge in [0.1, 0.15) is 9.96 Å². The Balaban J connectivity index is 1.99. The van der Waals surface area contributed by atoms with Gasteiger partial charge >= 0.3 is 0 Å². The minimum absolute atomic E-state index is 0.279. The van der Waals surface area contributed by atoms with Crippen LogP contribution in [0.2, 0.25) is 5.02 Å². The number of nitrogens with one attached hydrogen (secondary N) is 1. The summed E-state index contributed by atoms with van der Waals surface area (Å²) in [7, 11) is -2.17. The largest absolute Gasteiger partial charge is 0.495 e. The molecule has 3 aromatic rings. The van der Waals surface area contributed by atoms with Crippen LogP contribution in [0.3, 0.4) is 0 Å². The van der Waals surface area contributed by atoms with E-state index in [2.05, 4.69) is 4.72 Å².